The minimum atomic E-state index is -4.93. The number of hydrogen-bond acceptors (Lipinski definition) is 4. The van der Waals surface area contributed by atoms with Gasteiger partial charge in [0.1, 0.15) is 5.75 Å². The highest BCUT2D eigenvalue weighted by Crippen LogP contribution is 2.31. The first-order chi connectivity index (χ1) is 11.1. The van der Waals surface area contributed by atoms with E-state index in [0.717, 1.165) is 16.8 Å². The van der Waals surface area contributed by atoms with E-state index >= 15 is 0 Å². The van der Waals surface area contributed by atoms with Crippen molar-refractivity contribution in [3.05, 3.63) is 28.2 Å². The van der Waals surface area contributed by atoms with Crippen molar-refractivity contribution in [2.45, 2.75) is 25.6 Å². The molecular weight excluding hydrogens is 417 g/mol. The number of ether oxygens (including phenoxy) is 1. The average Bonchev–Trinajstić information content (AvgIpc) is 2.48. The fraction of sp³-hybridized carbons (Fsp3) is 0.462. The number of carbonyl (C=O) groups is 1. The second-order valence-electron chi connectivity index (χ2n) is 5.09. The van der Waals surface area contributed by atoms with Crippen LogP contribution < -0.4 is 9.46 Å². The van der Waals surface area contributed by atoms with Gasteiger partial charge in [-0.25, -0.2) is 4.72 Å². The van der Waals surface area contributed by atoms with E-state index in [2.05, 4.69) is 20.7 Å². The topological polar surface area (TPSA) is 75.7 Å². The Morgan fingerprint density at radius 2 is 1.83 bits per heavy atom. The molecule has 2 rings (SSSR count). The summed E-state index contributed by atoms with van der Waals surface area (Å²) in [7, 11) is -4.03. The van der Waals surface area contributed by atoms with Gasteiger partial charge in [-0.1, -0.05) is 6.42 Å². The lowest BCUT2D eigenvalue weighted by molar-refractivity contribution is -0.274. The molecule has 1 N–H and O–H groups in total. The number of piperidine rings is 1. The van der Waals surface area contributed by atoms with Crippen molar-refractivity contribution < 1.29 is 31.1 Å². The van der Waals surface area contributed by atoms with E-state index in [1.165, 1.54) is 12.1 Å². The molecule has 1 heterocycles. The highest BCUT2D eigenvalue weighted by atomic mass is 79.9. The number of nitrogens with one attached hydrogen (secondary N) is 1. The maximum absolute atomic E-state index is 12.3. The van der Waals surface area contributed by atoms with E-state index in [1.54, 1.807) is 0 Å². The molecule has 0 aromatic heterocycles. The normalized spacial score (nSPS) is 16.7. The Bertz CT molecular complexity index is 718. The van der Waals surface area contributed by atoms with Gasteiger partial charge < -0.3 is 4.74 Å². The molecule has 1 aromatic carbocycles. The molecule has 0 atom stereocenters. The highest BCUT2D eigenvalue weighted by molar-refractivity contribution is 9.10. The molecule has 0 aliphatic carbocycles. The number of halogens is 4. The molecule has 11 heteroatoms. The standard InChI is InChI=1S/C13H14BrF3N2O4S/c14-10-5-4-9(8-11(10)23-13(15,16)17)12(20)18-24(21,22)19-6-2-1-3-7-19/h4-5,8H,1-3,6-7H2,(H,18,20). The van der Waals surface area contributed by atoms with E-state index in [1.807, 2.05) is 4.72 Å². The summed E-state index contributed by atoms with van der Waals surface area (Å²) in [4.78, 5) is 12.1. The Kier molecular flexibility index (Phi) is 5.76. The van der Waals surface area contributed by atoms with Gasteiger partial charge in [-0.3, -0.25) is 4.79 Å². The summed E-state index contributed by atoms with van der Waals surface area (Å²) in [6.45, 7) is 0.594. The van der Waals surface area contributed by atoms with Gasteiger partial charge in [-0.05, 0) is 47.0 Å². The van der Waals surface area contributed by atoms with Crippen molar-refractivity contribution in [1.82, 2.24) is 9.03 Å². The summed E-state index contributed by atoms with van der Waals surface area (Å²) in [6, 6.07) is 3.18. The quantitative estimate of drug-likeness (QED) is 0.796. The van der Waals surface area contributed by atoms with Crippen molar-refractivity contribution in [3.8, 4) is 5.75 Å². The van der Waals surface area contributed by atoms with E-state index in [4.69, 9.17) is 0 Å². The van der Waals surface area contributed by atoms with E-state index in [-0.39, 0.29) is 10.0 Å². The van der Waals surface area contributed by atoms with Crippen molar-refractivity contribution >= 4 is 32.0 Å². The SMILES string of the molecule is O=C(NS(=O)(=O)N1CCCCC1)c1ccc(Br)c(OC(F)(F)F)c1. The number of benzene rings is 1. The van der Waals surface area contributed by atoms with Gasteiger partial charge in [-0.15, -0.1) is 13.2 Å². The summed E-state index contributed by atoms with van der Waals surface area (Å²) in [5.74, 6) is -1.66. The van der Waals surface area contributed by atoms with E-state index in [9.17, 15) is 26.4 Å². The minimum Gasteiger partial charge on any atom is -0.405 e. The Hall–Kier alpha value is -1.33. The number of amides is 1. The van der Waals surface area contributed by atoms with Crippen LogP contribution in [-0.2, 0) is 10.2 Å². The maximum atomic E-state index is 12.3. The summed E-state index contributed by atoms with van der Waals surface area (Å²) < 4.78 is 68.0. The lowest BCUT2D eigenvalue weighted by atomic mass is 10.2. The predicted molar refractivity (Wildman–Crippen MR) is 82.6 cm³/mol. The lowest BCUT2D eigenvalue weighted by Crippen LogP contribution is -2.45. The van der Waals surface area contributed by atoms with Gasteiger partial charge in [0.15, 0.2) is 0 Å². The molecule has 0 unspecified atom stereocenters. The van der Waals surface area contributed by atoms with Crippen molar-refractivity contribution in [1.29, 1.82) is 0 Å². The Labute approximate surface area is 145 Å². The van der Waals surface area contributed by atoms with Crippen LogP contribution in [0, 0.1) is 0 Å². The molecule has 1 amide bonds. The smallest absolute Gasteiger partial charge is 0.405 e. The summed E-state index contributed by atoms with van der Waals surface area (Å²) in [5, 5.41) is 0. The van der Waals surface area contributed by atoms with Crippen LogP contribution >= 0.6 is 15.9 Å². The third kappa shape index (κ3) is 5.08. The summed E-state index contributed by atoms with van der Waals surface area (Å²) >= 11 is 2.87. The zero-order valence-corrected chi connectivity index (χ0v) is 14.7. The number of nitrogens with zero attached hydrogens (tertiary/aromatic N) is 1. The molecule has 1 saturated heterocycles. The third-order valence-corrected chi connectivity index (χ3v) is 5.44. The van der Waals surface area contributed by atoms with Crippen molar-refractivity contribution in [2.75, 3.05) is 13.1 Å². The van der Waals surface area contributed by atoms with Crippen LogP contribution in [-0.4, -0.2) is 38.1 Å². The molecule has 0 saturated carbocycles. The average molecular weight is 431 g/mol. The predicted octanol–water partition coefficient (Wildman–Crippen LogP) is 2.81. The summed E-state index contributed by atoms with van der Waals surface area (Å²) in [6.07, 6.45) is -2.64. The van der Waals surface area contributed by atoms with Crippen molar-refractivity contribution in [2.24, 2.45) is 0 Å². The van der Waals surface area contributed by atoms with Gasteiger partial charge in [0.25, 0.3) is 5.91 Å². The molecule has 0 spiro atoms. The molecule has 134 valence electrons. The molecule has 1 fully saturated rings. The van der Waals surface area contributed by atoms with Crippen LogP contribution in [0.25, 0.3) is 0 Å². The maximum Gasteiger partial charge on any atom is 0.573 e. The zero-order valence-electron chi connectivity index (χ0n) is 12.3. The molecule has 6 nitrogen and oxygen atoms in total. The second kappa shape index (κ2) is 7.28. The molecule has 1 aliphatic rings. The fourth-order valence-corrected chi connectivity index (χ4v) is 3.74. The van der Waals surface area contributed by atoms with Crippen molar-refractivity contribution in [3.63, 3.8) is 0 Å². The number of carbonyl (C=O) groups excluding carboxylic acids is 1. The second-order valence-corrected chi connectivity index (χ2v) is 7.61. The van der Waals surface area contributed by atoms with Gasteiger partial charge in [0, 0.05) is 18.7 Å². The van der Waals surface area contributed by atoms with Gasteiger partial charge in [-0.2, -0.15) is 12.7 Å². The minimum absolute atomic E-state index is 0.0183. The molecule has 0 bridgehead atoms. The Morgan fingerprint density at radius 3 is 2.42 bits per heavy atom. The van der Waals surface area contributed by atoms with E-state index in [0.29, 0.717) is 25.9 Å². The molecular formula is C13H14BrF3N2O4S. The Morgan fingerprint density at radius 1 is 1.21 bits per heavy atom. The number of alkyl halides is 3. The van der Waals surface area contributed by atoms with Crippen LogP contribution in [0.3, 0.4) is 0 Å². The zero-order chi connectivity index (χ0) is 18.0. The lowest BCUT2D eigenvalue weighted by Gasteiger charge is -2.25. The van der Waals surface area contributed by atoms with Gasteiger partial charge in [0.2, 0.25) is 0 Å². The monoisotopic (exact) mass is 430 g/mol. The Balaban J connectivity index is 2.16. The largest absolute Gasteiger partial charge is 0.573 e. The van der Waals surface area contributed by atoms with Crippen LogP contribution in [0.1, 0.15) is 29.6 Å². The number of rotatable bonds is 4. The van der Waals surface area contributed by atoms with Crippen LogP contribution in [0.15, 0.2) is 22.7 Å². The van der Waals surface area contributed by atoms with Crippen LogP contribution in [0.4, 0.5) is 13.2 Å². The molecule has 1 aliphatic heterocycles. The van der Waals surface area contributed by atoms with Crippen LogP contribution in [0.5, 0.6) is 5.75 Å². The molecule has 1 aromatic rings. The first-order valence-electron chi connectivity index (χ1n) is 6.96. The summed E-state index contributed by atoms with van der Waals surface area (Å²) in [5.41, 5.74) is -0.266. The fourth-order valence-electron chi connectivity index (χ4n) is 2.19. The molecule has 24 heavy (non-hydrogen) atoms. The van der Waals surface area contributed by atoms with E-state index < -0.39 is 28.2 Å². The highest BCUT2D eigenvalue weighted by Gasteiger charge is 2.32. The third-order valence-electron chi connectivity index (χ3n) is 3.30. The first-order valence-corrected chi connectivity index (χ1v) is 9.19. The first kappa shape index (κ1) is 19.0. The number of hydrogen-bond donors (Lipinski definition) is 1. The van der Waals surface area contributed by atoms with Crippen LogP contribution in [0.2, 0.25) is 0 Å². The van der Waals surface area contributed by atoms with Gasteiger partial charge >= 0.3 is 16.6 Å². The molecule has 0 radical (unpaired) electrons. The van der Waals surface area contributed by atoms with Gasteiger partial charge in [0.05, 0.1) is 4.47 Å².